The zero-order valence-corrected chi connectivity index (χ0v) is 37.8. The average Bonchev–Trinajstić information content (AvgIpc) is 3.77. The lowest BCUT2D eigenvalue weighted by atomic mass is 9.83. The highest BCUT2D eigenvalue weighted by molar-refractivity contribution is 6.90. The smallest absolute Gasteiger partial charge is 0.0991 e. The van der Waals surface area contributed by atoms with Crippen LogP contribution < -0.4 is 10.4 Å². The fraction of sp³-hybridized carbons (Fsp3) is 0.103. The third-order valence-electron chi connectivity index (χ3n) is 13.8. The van der Waals surface area contributed by atoms with Crippen LogP contribution in [0.4, 0.5) is 0 Å². The summed E-state index contributed by atoms with van der Waals surface area (Å²) in [6.07, 6.45) is 0. The van der Waals surface area contributed by atoms with Crippen LogP contribution in [-0.2, 0) is 0 Å². The molecule has 0 amide bonds. The van der Waals surface area contributed by atoms with Crippen molar-refractivity contribution in [3.8, 4) is 78.9 Å². The molecule has 0 spiro atoms. The zero-order valence-electron chi connectivity index (χ0n) is 35.8. The third kappa shape index (κ3) is 5.00. The topological polar surface area (TPSA) is 47.6 Å². The highest BCUT2D eigenvalue weighted by Crippen LogP contribution is 2.57. The second-order valence-corrected chi connectivity index (χ2v) is 29.5. The van der Waals surface area contributed by atoms with Crippen molar-refractivity contribution in [2.45, 2.75) is 39.3 Å². The Bertz CT molecular complexity index is 3530. The molecule has 2 aliphatic rings. The van der Waals surface area contributed by atoms with Gasteiger partial charge in [-0.15, -0.1) is 0 Å². The monoisotopic (exact) mass is 822 g/mol. The van der Waals surface area contributed by atoms with E-state index < -0.39 is 16.1 Å². The fourth-order valence-corrected chi connectivity index (χ4v) is 14.4. The first-order chi connectivity index (χ1) is 29.9. The molecule has 0 aliphatic heterocycles. The van der Waals surface area contributed by atoms with Gasteiger partial charge in [-0.25, -0.2) is 0 Å². The minimum atomic E-state index is -1.95. The van der Waals surface area contributed by atoms with E-state index in [-0.39, 0.29) is 0 Å². The first-order valence-corrected chi connectivity index (χ1v) is 28.6. The number of hydrogen-bond acceptors (Lipinski definition) is 2. The van der Waals surface area contributed by atoms with E-state index in [1.165, 1.54) is 131 Å². The normalized spacial score (nSPS) is 12.6. The Balaban J connectivity index is 1.25. The maximum absolute atomic E-state index is 10.1. The molecule has 2 aliphatic carbocycles. The van der Waals surface area contributed by atoms with Gasteiger partial charge in [-0.3, -0.25) is 0 Å². The molecule has 4 heteroatoms. The summed E-state index contributed by atoms with van der Waals surface area (Å²) in [5.74, 6) is 0. The Morgan fingerprint density at radius 1 is 0.323 bits per heavy atom. The van der Waals surface area contributed by atoms with Gasteiger partial charge in [0.25, 0.3) is 0 Å². The molecule has 0 radical (unpaired) electrons. The molecule has 0 saturated carbocycles. The van der Waals surface area contributed by atoms with Crippen LogP contribution in [0.25, 0.3) is 121 Å². The lowest BCUT2D eigenvalue weighted by Crippen LogP contribution is -2.39. The molecule has 0 heterocycles. The number of rotatable bonds is 4. The lowest BCUT2D eigenvalue weighted by molar-refractivity contribution is 1.49. The standard InChI is InChI=1S/C58H42N2Si2/c1-61(2,3)51-27-33(31-59)19-21-43(51)55-41-25-23-38-37(47(41)29-49-39-15-7-11-35-13-9-17-45(53(35)39)57(49)55)24-26-42-48(38)30-50-40-16-8-12-36-14-10-18-46(54(36)40)58(50)56(42)44-22-20-34(32-60)28-52(44)62(4,5)6/h7-30H,1-6H3. The quantitative estimate of drug-likeness (QED) is 0.131. The molecule has 0 saturated heterocycles. The Kier molecular flexibility index (Phi) is 7.54. The van der Waals surface area contributed by atoms with Crippen LogP contribution in [0.1, 0.15) is 11.1 Å². The molecule has 0 atom stereocenters. The van der Waals surface area contributed by atoms with Crippen molar-refractivity contribution in [1.29, 1.82) is 10.5 Å². The average molecular weight is 823 g/mol. The number of benzene rings is 10. The summed E-state index contributed by atoms with van der Waals surface area (Å²) in [4.78, 5) is 0. The van der Waals surface area contributed by atoms with Gasteiger partial charge in [-0.05, 0) is 157 Å². The predicted octanol–water partition coefficient (Wildman–Crippen LogP) is 14.9. The Hall–Kier alpha value is -7.09. The van der Waals surface area contributed by atoms with Gasteiger partial charge in [0.1, 0.15) is 0 Å². The van der Waals surface area contributed by atoms with Crippen LogP contribution in [0.5, 0.6) is 0 Å². The third-order valence-corrected chi connectivity index (χ3v) is 17.9. The second kappa shape index (κ2) is 12.7. The van der Waals surface area contributed by atoms with Crippen LogP contribution in [0.2, 0.25) is 39.3 Å². The van der Waals surface area contributed by atoms with Gasteiger partial charge in [0, 0.05) is 0 Å². The van der Waals surface area contributed by atoms with Crippen molar-refractivity contribution in [3.05, 3.63) is 157 Å². The van der Waals surface area contributed by atoms with E-state index in [1.807, 2.05) is 12.1 Å². The van der Waals surface area contributed by atoms with Gasteiger partial charge in [0.05, 0.1) is 39.4 Å². The summed E-state index contributed by atoms with van der Waals surface area (Å²) in [6, 6.07) is 59.2. The molecule has 12 rings (SSSR count). The first-order valence-electron chi connectivity index (χ1n) is 21.6. The second-order valence-electron chi connectivity index (χ2n) is 19.4. The number of nitriles is 2. The van der Waals surface area contributed by atoms with E-state index >= 15 is 0 Å². The Morgan fingerprint density at radius 3 is 1.06 bits per heavy atom. The van der Waals surface area contributed by atoms with Gasteiger partial charge in [-0.1, -0.05) is 159 Å². The summed E-state index contributed by atoms with van der Waals surface area (Å²) in [5, 5.41) is 35.4. The fourth-order valence-electron chi connectivity index (χ4n) is 11.2. The zero-order chi connectivity index (χ0) is 42.4. The van der Waals surface area contributed by atoms with Gasteiger partial charge in [0.2, 0.25) is 0 Å². The van der Waals surface area contributed by atoms with Crippen LogP contribution >= 0.6 is 0 Å². The molecule has 0 unspecified atom stereocenters. The van der Waals surface area contributed by atoms with Crippen molar-refractivity contribution in [2.75, 3.05) is 0 Å². The van der Waals surface area contributed by atoms with Crippen LogP contribution in [0, 0.1) is 22.7 Å². The molecule has 0 bridgehead atoms. The summed E-state index contributed by atoms with van der Waals surface area (Å²) in [7, 11) is -3.89. The molecule has 62 heavy (non-hydrogen) atoms. The molecular formula is C58H42N2Si2. The molecule has 10 aromatic carbocycles. The van der Waals surface area contributed by atoms with E-state index in [9.17, 15) is 10.5 Å². The van der Waals surface area contributed by atoms with E-state index in [1.54, 1.807) is 0 Å². The number of hydrogen-bond donors (Lipinski definition) is 0. The number of fused-ring (bicyclic) bond motifs is 11. The number of nitrogens with zero attached hydrogens (tertiary/aromatic N) is 2. The first kappa shape index (κ1) is 36.7. The van der Waals surface area contributed by atoms with Gasteiger partial charge in [0.15, 0.2) is 0 Å². The summed E-state index contributed by atoms with van der Waals surface area (Å²) in [6.45, 7) is 14.4. The minimum absolute atomic E-state index is 0.714. The molecule has 292 valence electrons. The summed E-state index contributed by atoms with van der Waals surface area (Å²) >= 11 is 0. The van der Waals surface area contributed by atoms with Gasteiger partial charge < -0.3 is 0 Å². The maximum atomic E-state index is 10.1. The van der Waals surface area contributed by atoms with Crippen molar-refractivity contribution < 1.29 is 0 Å². The van der Waals surface area contributed by atoms with Crippen LogP contribution in [-0.4, -0.2) is 16.1 Å². The van der Waals surface area contributed by atoms with Crippen LogP contribution in [0.3, 0.4) is 0 Å². The Morgan fingerprint density at radius 2 is 0.694 bits per heavy atom. The van der Waals surface area contributed by atoms with E-state index in [4.69, 9.17) is 0 Å². The minimum Gasteiger partial charge on any atom is -0.192 e. The molecule has 0 fully saturated rings. The lowest BCUT2D eigenvalue weighted by Gasteiger charge is -2.26. The molecule has 2 nitrogen and oxygen atoms in total. The Labute approximate surface area is 364 Å². The van der Waals surface area contributed by atoms with E-state index in [2.05, 4.69) is 185 Å². The summed E-state index contributed by atoms with van der Waals surface area (Å²) < 4.78 is 0. The van der Waals surface area contributed by atoms with Gasteiger partial charge >= 0.3 is 0 Å². The van der Waals surface area contributed by atoms with Gasteiger partial charge in [-0.2, -0.15) is 10.5 Å². The van der Waals surface area contributed by atoms with E-state index in [0.29, 0.717) is 11.1 Å². The van der Waals surface area contributed by atoms with Crippen molar-refractivity contribution in [1.82, 2.24) is 0 Å². The van der Waals surface area contributed by atoms with E-state index in [0.717, 1.165) is 0 Å². The van der Waals surface area contributed by atoms with Crippen molar-refractivity contribution in [3.63, 3.8) is 0 Å². The predicted molar refractivity (Wildman–Crippen MR) is 269 cm³/mol. The molecule has 0 N–H and O–H groups in total. The maximum Gasteiger partial charge on any atom is 0.0991 e. The molecule has 10 aromatic rings. The summed E-state index contributed by atoms with van der Waals surface area (Å²) in [5.41, 5.74) is 16.7. The highest BCUT2D eigenvalue weighted by atomic mass is 28.3. The molecule has 0 aromatic heterocycles. The van der Waals surface area contributed by atoms with Crippen molar-refractivity contribution in [2.24, 2.45) is 0 Å². The largest absolute Gasteiger partial charge is 0.192 e. The molecular weight excluding hydrogens is 781 g/mol. The van der Waals surface area contributed by atoms with Crippen molar-refractivity contribution >= 4 is 80.4 Å². The SMILES string of the molecule is C[Si](C)(C)c1cc(C#N)ccc1-c1c2c(cc3c1ccc1c4cc5c(c(-c6ccc(C#N)cc6[Si](C)(C)C)c4ccc31)-c1cccc3cccc-5c13)-c1cccc3cccc-2c13. The van der Waals surface area contributed by atoms with Crippen LogP contribution in [0.15, 0.2) is 146 Å². The highest BCUT2D eigenvalue weighted by Gasteiger charge is 2.33.